The number of aromatic nitrogens is 1. The van der Waals surface area contributed by atoms with Gasteiger partial charge >= 0.3 is 0 Å². The lowest BCUT2D eigenvalue weighted by Crippen LogP contribution is -2.52. The van der Waals surface area contributed by atoms with Gasteiger partial charge in [-0.2, -0.15) is 0 Å². The summed E-state index contributed by atoms with van der Waals surface area (Å²) in [6, 6.07) is 8.00. The normalized spacial score (nSPS) is 21.6. The van der Waals surface area contributed by atoms with E-state index < -0.39 is 17.5 Å². The molecule has 1 saturated heterocycles. The lowest BCUT2D eigenvalue weighted by Gasteiger charge is -2.43. The molecule has 0 spiro atoms. The number of nitrogens with one attached hydrogen (secondary N) is 2. The van der Waals surface area contributed by atoms with Gasteiger partial charge in [0.1, 0.15) is 11.2 Å². The monoisotopic (exact) mass is 452 g/mol. The van der Waals surface area contributed by atoms with Crippen molar-refractivity contribution in [1.29, 1.82) is 0 Å². The lowest BCUT2D eigenvalue weighted by molar-refractivity contribution is -0.136. The number of carbonyl (C=O) groups excluding carboxylic acids is 4. The Labute approximate surface area is 189 Å². The minimum Gasteiger partial charge on any atom is -0.342 e. The van der Waals surface area contributed by atoms with Crippen LogP contribution in [0.2, 0.25) is 5.15 Å². The molecule has 32 heavy (non-hydrogen) atoms. The second kappa shape index (κ2) is 7.70. The van der Waals surface area contributed by atoms with E-state index in [0.29, 0.717) is 16.3 Å². The zero-order chi connectivity index (χ0) is 22.5. The van der Waals surface area contributed by atoms with Gasteiger partial charge in [-0.05, 0) is 48.9 Å². The van der Waals surface area contributed by atoms with Gasteiger partial charge in [-0.25, -0.2) is 4.98 Å². The summed E-state index contributed by atoms with van der Waals surface area (Å²) in [6.45, 7) is 0.230. The van der Waals surface area contributed by atoms with E-state index in [1.54, 1.807) is 30.5 Å². The van der Waals surface area contributed by atoms with Gasteiger partial charge in [0, 0.05) is 19.2 Å². The standard InChI is InChI=1S/C23H21ClN4O4/c24-17-7-5-14(11-25-17)23(9-2-10-23)27-20(30)15-4-1-3-13-12-28(22(32)19(13)15)16-6-8-18(29)26-21(16)31/h1,3-5,7,11,16H,2,6,8-10,12H2,(H,27,30)(H,26,29,31). The minimum atomic E-state index is -0.721. The van der Waals surface area contributed by atoms with Crippen molar-refractivity contribution in [1.82, 2.24) is 20.5 Å². The number of hydrogen-bond acceptors (Lipinski definition) is 5. The van der Waals surface area contributed by atoms with Crippen molar-refractivity contribution in [2.24, 2.45) is 0 Å². The van der Waals surface area contributed by atoms with Gasteiger partial charge in [0.25, 0.3) is 11.8 Å². The molecule has 2 aromatic rings. The summed E-state index contributed by atoms with van der Waals surface area (Å²) < 4.78 is 0. The fraction of sp³-hybridized carbons (Fsp3) is 0.348. The molecule has 1 unspecified atom stereocenters. The number of carbonyl (C=O) groups is 4. The molecular weight excluding hydrogens is 432 g/mol. The zero-order valence-corrected chi connectivity index (χ0v) is 17.9. The summed E-state index contributed by atoms with van der Waals surface area (Å²) in [5.74, 6) is -1.51. The van der Waals surface area contributed by atoms with E-state index in [1.807, 2.05) is 6.07 Å². The highest BCUT2D eigenvalue weighted by atomic mass is 35.5. The predicted octanol–water partition coefficient (Wildman–Crippen LogP) is 2.31. The molecule has 1 atom stereocenters. The summed E-state index contributed by atoms with van der Waals surface area (Å²) in [5.41, 5.74) is 1.64. The van der Waals surface area contributed by atoms with Crippen LogP contribution >= 0.6 is 11.6 Å². The number of benzene rings is 1. The van der Waals surface area contributed by atoms with Crippen molar-refractivity contribution in [3.05, 3.63) is 63.9 Å². The molecular formula is C23H21ClN4O4. The fourth-order valence-electron chi connectivity index (χ4n) is 4.76. The number of imide groups is 1. The third-order valence-corrected chi connectivity index (χ3v) is 6.86. The van der Waals surface area contributed by atoms with Crippen LogP contribution in [0, 0.1) is 0 Å². The molecule has 5 rings (SSSR count). The van der Waals surface area contributed by atoms with Crippen LogP contribution in [0.5, 0.6) is 0 Å². The molecule has 4 amide bonds. The van der Waals surface area contributed by atoms with Crippen molar-refractivity contribution < 1.29 is 19.2 Å². The Hall–Kier alpha value is -3.26. The summed E-state index contributed by atoms with van der Waals surface area (Å²) in [4.78, 5) is 56.0. The van der Waals surface area contributed by atoms with E-state index in [0.717, 1.165) is 24.8 Å². The number of amides is 4. The van der Waals surface area contributed by atoms with Crippen LogP contribution in [0.4, 0.5) is 0 Å². The quantitative estimate of drug-likeness (QED) is 0.546. The number of pyridine rings is 1. The van der Waals surface area contributed by atoms with Gasteiger partial charge in [0.15, 0.2) is 0 Å². The number of halogens is 1. The summed E-state index contributed by atoms with van der Waals surface area (Å²) in [5, 5.41) is 5.80. The van der Waals surface area contributed by atoms with Crippen molar-refractivity contribution >= 4 is 35.2 Å². The summed E-state index contributed by atoms with van der Waals surface area (Å²) in [7, 11) is 0. The molecule has 3 heterocycles. The van der Waals surface area contributed by atoms with Crippen LogP contribution in [0.25, 0.3) is 0 Å². The first-order valence-corrected chi connectivity index (χ1v) is 11.0. The van der Waals surface area contributed by atoms with E-state index in [-0.39, 0.29) is 42.7 Å². The van der Waals surface area contributed by atoms with Gasteiger partial charge in [-0.3, -0.25) is 24.5 Å². The molecule has 8 nitrogen and oxygen atoms in total. The summed E-state index contributed by atoms with van der Waals surface area (Å²) >= 11 is 5.91. The van der Waals surface area contributed by atoms with Crippen molar-refractivity contribution in [3.8, 4) is 0 Å². The molecule has 3 aliphatic rings. The fourth-order valence-corrected chi connectivity index (χ4v) is 4.88. The molecule has 1 aliphatic carbocycles. The highest BCUT2D eigenvalue weighted by Gasteiger charge is 2.43. The second-order valence-corrected chi connectivity index (χ2v) is 8.89. The Morgan fingerprint density at radius 2 is 2.00 bits per heavy atom. The molecule has 1 saturated carbocycles. The molecule has 0 bridgehead atoms. The first-order valence-electron chi connectivity index (χ1n) is 10.6. The number of hydrogen-bond donors (Lipinski definition) is 2. The van der Waals surface area contributed by atoms with E-state index in [4.69, 9.17) is 11.6 Å². The number of fused-ring (bicyclic) bond motifs is 1. The van der Waals surface area contributed by atoms with E-state index in [9.17, 15) is 19.2 Å². The first kappa shape index (κ1) is 20.6. The molecule has 2 N–H and O–H groups in total. The third kappa shape index (κ3) is 3.35. The molecule has 1 aromatic carbocycles. The highest BCUT2D eigenvalue weighted by Crippen LogP contribution is 2.42. The number of piperidine rings is 1. The van der Waals surface area contributed by atoms with Gasteiger partial charge in [-0.1, -0.05) is 29.8 Å². The van der Waals surface area contributed by atoms with E-state index in [1.165, 1.54) is 4.90 Å². The van der Waals surface area contributed by atoms with Gasteiger partial charge in [0.05, 0.1) is 16.7 Å². The van der Waals surface area contributed by atoms with Crippen LogP contribution < -0.4 is 10.6 Å². The Bertz CT molecular complexity index is 1140. The maximum Gasteiger partial charge on any atom is 0.256 e. The molecule has 164 valence electrons. The lowest BCUT2D eigenvalue weighted by atomic mass is 9.72. The smallest absolute Gasteiger partial charge is 0.256 e. The van der Waals surface area contributed by atoms with Crippen LogP contribution in [0.3, 0.4) is 0 Å². The maximum atomic E-state index is 13.3. The average molecular weight is 453 g/mol. The Morgan fingerprint density at radius 1 is 1.19 bits per heavy atom. The van der Waals surface area contributed by atoms with E-state index in [2.05, 4.69) is 15.6 Å². The van der Waals surface area contributed by atoms with Crippen molar-refractivity contribution in [3.63, 3.8) is 0 Å². The topological polar surface area (TPSA) is 108 Å². The Morgan fingerprint density at radius 3 is 2.66 bits per heavy atom. The highest BCUT2D eigenvalue weighted by molar-refractivity contribution is 6.29. The zero-order valence-electron chi connectivity index (χ0n) is 17.2. The largest absolute Gasteiger partial charge is 0.342 e. The Balaban J connectivity index is 1.41. The van der Waals surface area contributed by atoms with Crippen LogP contribution in [0.1, 0.15) is 63.9 Å². The van der Waals surface area contributed by atoms with Crippen LogP contribution in [-0.4, -0.2) is 39.6 Å². The molecule has 9 heteroatoms. The predicted molar refractivity (Wildman–Crippen MR) is 115 cm³/mol. The van der Waals surface area contributed by atoms with Gasteiger partial charge in [0.2, 0.25) is 11.8 Å². The first-order chi connectivity index (χ1) is 15.4. The van der Waals surface area contributed by atoms with E-state index >= 15 is 0 Å². The molecule has 1 aromatic heterocycles. The van der Waals surface area contributed by atoms with Gasteiger partial charge < -0.3 is 10.2 Å². The van der Waals surface area contributed by atoms with Crippen LogP contribution in [-0.2, 0) is 21.7 Å². The molecule has 2 fully saturated rings. The minimum absolute atomic E-state index is 0.182. The molecule has 2 aliphatic heterocycles. The Kier molecular flexibility index (Phi) is 4.97. The number of nitrogens with zero attached hydrogens (tertiary/aromatic N) is 2. The van der Waals surface area contributed by atoms with Crippen molar-refractivity contribution in [2.45, 2.75) is 50.2 Å². The SMILES string of the molecule is O=C1CCC(N2Cc3cccc(C(=O)NC4(c5ccc(Cl)nc5)CCC4)c3C2=O)C(=O)N1. The number of rotatable bonds is 4. The molecule has 0 radical (unpaired) electrons. The second-order valence-electron chi connectivity index (χ2n) is 8.50. The van der Waals surface area contributed by atoms with Crippen molar-refractivity contribution in [2.75, 3.05) is 0 Å². The summed E-state index contributed by atoms with van der Waals surface area (Å²) in [6.07, 6.45) is 4.64. The maximum absolute atomic E-state index is 13.3. The van der Waals surface area contributed by atoms with Crippen LogP contribution in [0.15, 0.2) is 36.5 Å². The third-order valence-electron chi connectivity index (χ3n) is 6.64. The average Bonchev–Trinajstić information content (AvgIpc) is 3.08. The van der Waals surface area contributed by atoms with Gasteiger partial charge in [-0.15, -0.1) is 0 Å².